The van der Waals surface area contributed by atoms with E-state index in [2.05, 4.69) is 5.32 Å². The zero-order valence-electron chi connectivity index (χ0n) is 8.60. The Labute approximate surface area is 86.7 Å². The summed E-state index contributed by atoms with van der Waals surface area (Å²) in [5.41, 5.74) is 0. The molecule has 0 saturated heterocycles. The van der Waals surface area contributed by atoms with Crippen molar-refractivity contribution in [3.8, 4) is 0 Å². The Hall–Kier alpha value is -0.780. The van der Waals surface area contributed by atoms with Gasteiger partial charge < -0.3 is 10.4 Å². The quantitative estimate of drug-likeness (QED) is 0.721. The van der Waals surface area contributed by atoms with Crippen molar-refractivity contribution in [3.63, 3.8) is 0 Å². The minimum atomic E-state index is -4.46. The van der Waals surface area contributed by atoms with Crippen LogP contribution in [0.3, 0.4) is 0 Å². The number of amides is 1. The molecule has 1 amide bonds. The molecule has 15 heavy (non-hydrogen) atoms. The zero-order chi connectivity index (χ0) is 11.9. The number of carbonyl (C=O) groups is 1. The summed E-state index contributed by atoms with van der Waals surface area (Å²) in [7, 11) is 0. The smallest absolute Gasteiger partial charge is 0.396 e. The highest BCUT2D eigenvalue weighted by atomic mass is 19.4. The molecular formula is C9H16F3NO2. The van der Waals surface area contributed by atoms with Crippen LogP contribution in [0, 0.1) is 5.92 Å². The fraction of sp³-hybridized carbons (Fsp3) is 0.889. The van der Waals surface area contributed by atoms with Crippen LogP contribution in [-0.2, 0) is 4.79 Å². The van der Waals surface area contributed by atoms with Gasteiger partial charge >= 0.3 is 6.18 Å². The third-order valence-electron chi connectivity index (χ3n) is 2.06. The normalized spacial score (nSPS) is 13.7. The molecule has 0 aromatic carbocycles. The Balaban J connectivity index is 3.78. The second-order valence-electron chi connectivity index (χ2n) is 3.38. The molecule has 90 valence electrons. The van der Waals surface area contributed by atoms with Crippen LogP contribution in [0.4, 0.5) is 13.2 Å². The van der Waals surface area contributed by atoms with Crippen molar-refractivity contribution in [2.75, 3.05) is 13.2 Å². The third-order valence-corrected chi connectivity index (χ3v) is 2.06. The average Bonchev–Trinajstić information content (AvgIpc) is 2.09. The number of carbonyl (C=O) groups excluding carboxylic acids is 1. The number of rotatable bonds is 6. The van der Waals surface area contributed by atoms with Crippen molar-refractivity contribution in [3.05, 3.63) is 0 Å². The number of hydrogen-bond acceptors (Lipinski definition) is 2. The fourth-order valence-corrected chi connectivity index (χ4v) is 1.14. The molecule has 0 radical (unpaired) electrons. The first-order valence-corrected chi connectivity index (χ1v) is 4.83. The summed E-state index contributed by atoms with van der Waals surface area (Å²) < 4.78 is 35.3. The number of halogens is 3. The van der Waals surface area contributed by atoms with Crippen molar-refractivity contribution in [2.45, 2.75) is 32.4 Å². The number of alkyl halides is 3. The van der Waals surface area contributed by atoms with Gasteiger partial charge in [0.25, 0.3) is 0 Å². The van der Waals surface area contributed by atoms with Crippen molar-refractivity contribution in [2.24, 2.45) is 5.92 Å². The van der Waals surface area contributed by atoms with E-state index in [1.807, 2.05) is 6.92 Å². The number of hydrogen-bond donors (Lipinski definition) is 2. The maximum atomic E-state index is 11.8. The maximum Gasteiger partial charge on any atom is 0.397 e. The van der Waals surface area contributed by atoms with Gasteiger partial charge in [-0.1, -0.05) is 13.3 Å². The van der Waals surface area contributed by atoms with Crippen LogP contribution in [0.15, 0.2) is 0 Å². The van der Waals surface area contributed by atoms with Gasteiger partial charge in [-0.15, -0.1) is 0 Å². The topological polar surface area (TPSA) is 49.3 Å². The van der Waals surface area contributed by atoms with Crippen LogP contribution in [0.25, 0.3) is 0 Å². The lowest BCUT2D eigenvalue weighted by Gasteiger charge is -2.14. The Morgan fingerprint density at radius 2 is 2.07 bits per heavy atom. The van der Waals surface area contributed by atoms with E-state index in [-0.39, 0.29) is 19.1 Å². The van der Waals surface area contributed by atoms with Gasteiger partial charge in [0.15, 0.2) is 0 Å². The number of aliphatic hydroxyl groups excluding tert-OH is 1. The highest BCUT2D eigenvalue weighted by Gasteiger charge is 2.31. The van der Waals surface area contributed by atoms with E-state index in [9.17, 15) is 18.0 Å². The molecule has 0 aliphatic carbocycles. The molecule has 0 bridgehead atoms. The molecule has 0 saturated carbocycles. The van der Waals surface area contributed by atoms with Crippen molar-refractivity contribution >= 4 is 5.91 Å². The molecule has 0 aromatic rings. The maximum absolute atomic E-state index is 11.8. The summed E-state index contributed by atoms with van der Waals surface area (Å²) >= 11 is 0. The van der Waals surface area contributed by atoms with Gasteiger partial charge in [0.05, 0.1) is 0 Å². The summed E-state index contributed by atoms with van der Waals surface area (Å²) in [5.74, 6) is -0.980. The molecule has 0 aromatic heterocycles. The van der Waals surface area contributed by atoms with Crippen LogP contribution in [-0.4, -0.2) is 30.3 Å². The van der Waals surface area contributed by atoms with Crippen LogP contribution in [0.1, 0.15) is 26.2 Å². The van der Waals surface area contributed by atoms with E-state index in [0.717, 1.165) is 0 Å². The molecule has 6 heteroatoms. The van der Waals surface area contributed by atoms with Gasteiger partial charge in [-0.05, 0) is 12.3 Å². The van der Waals surface area contributed by atoms with E-state index < -0.39 is 18.5 Å². The third kappa shape index (κ3) is 8.23. The molecule has 1 unspecified atom stereocenters. The molecule has 3 nitrogen and oxygen atoms in total. The summed E-state index contributed by atoms with van der Waals surface area (Å²) in [5, 5.41) is 10.8. The Kier molecular flexibility index (Phi) is 6.31. The highest BCUT2D eigenvalue weighted by Crippen LogP contribution is 2.19. The van der Waals surface area contributed by atoms with Crippen LogP contribution in [0.5, 0.6) is 0 Å². The van der Waals surface area contributed by atoms with Gasteiger partial charge in [-0.2, -0.15) is 13.2 Å². The van der Waals surface area contributed by atoms with E-state index in [4.69, 9.17) is 5.11 Å². The monoisotopic (exact) mass is 227 g/mol. The summed E-state index contributed by atoms with van der Waals surface area (Å²) in [6, 6.07) is 0. The van der Waals surface area contributed by atoms with Gasteiger partial charge in [-0.3, -0.25) is 4.79 Å². The summed E-state index contributed by atoms with van der Waals surface area (Å²) in [6.45, 7) is 2.02. The highest BCUT2D eigenvalue weighted by molar-refractivity contribution is 5.76. The molecular weight excluding hydrogens is 211 g/mol. The van der Waals surface area contributed by atoms with Gasteiger partial charge in [0, 0.05) is 13.2 Å². The largest absolute Gasteiger partial charge is 0.397 e. The lowest BCUT2D eigenvalue weighted by Crippen LogP contribution is -2.32. The Morgan fingerprint density at radius 3 is 2.47 bits per heavy atom. The molecule has 1 atom stereocenters. The Bertz CT molecular complexity index is 194. The summed E-state index contributed by atoms with van der Waals surface area (Å²) in [4.78, 5) is 10.8. The molecule has 0 heterocycles. The van der Waals surface area contributed by atoms with Gasteiger partial charge in [-0.25, -0.2) is 0 Å². The average molecular weight is 227 g/mol. The molecule has 2 N–H and O–H groups in total. The second-order valence-corrected chi connectivity index (χ2v) is 3.38. The Morgan fingerprint density at radius 1 is 1.47 bits per heavy atom. The fourth-order valence-electron chi connectivity index (χ4n) is 1.14. The number of aliphatic hydroxyl groups is 1. The van der Waals surface area contributed by atoms with Crippen molar-refractivity contribution in [1.29, 1.82) is 0 Å². The lowest BCUT2D eigenvalue weighted by atomic mass is 10.0. The SMILES string of the molecule is CCC(CCO)CNC(=O)CC(F)(F)F. The van der Waals surface area contributed by atoms with Crippen LogP contribution >= 0.6 is 0 Å². The zero-order valence-corrected chi connectivity index (χ0v) is 8.60. The van der Waals surface area contributed by atoms with Gasteiger partial charge in [0.1, 0.15) is 6.42 Å². The second kappa shape index (κ2) is 6.66. The molecule has 0 spiro atoms. The van der Waals surface area contributed by atoms with Crippen LogP contribution < -0.4 is 5.32 Å². The molecule has 0 aliphatic heterocycles. The first-order chi connectivity index (χ1) is 6.89. The molecule has 0 rings (SSSR count). The number of nitrogens with one attached hydrogen (secondary N) is 1. The van der Waals surface area contributed by atoms with Gasteiger partial charge in [0.2, 0.25) is 5.91 Å². The molecule has 0 fully saturated rings. The summed E-state index contributed by atoms with van der Waals surface area (Å²) in [6.07, 6.45) is -4.69. The first kappa shape index (κ1) is 14.2. The van der Waals surface area contributed by atoms with E-state index in [0.29, 0.717) is 12.8 Å². The predicted molar refractivity (Wildman–Crippen MR) is 49.2 cm³/mol. The minimum absolute atomic E-state index is 0.0202. The molecule has 0 aliphatic rings. The predicted octanol–water partition coefficient (Wildman–Crippen LogP) is 1.46. The van der Waals surface area contributed by atoms with E-state index in [1.54, 1.807) is 0 Å². The van der Waals surface area contributed by atoms with Crippen LogP contribution in [0.2, 0.25) is 0 Å². The van der Waals surface area contributed by atoms with Crippen molar-refractivity contribution < 1.29 is 23.1 Å². The lowest BCUT2D eigenvalue weighted by molar-refractivity contribution is -0.153. The van der Waals surface area contributed by atoms with Crippen molar-refractivity contribution in [1.82, 2.24) is 5.32 Å². The standard InChI is InChI=1S/C9H16F3NO2/c1-2-7(3-4-14)6-13-8(15)5-9(10,11)12/h7,14H,2-6H2,1H3,(H,13,15). The van der Waals surface area contributed by atoms with E-state index >= 15 is 0 Å². The van der Waals surface area contributed by atoms with E-state index in [1.165, 1.54) is 0 Å². The first-order valence-electron chi connectivity index (χ1n) is 4.83. The minimum Gasteiger partial charge on any atom is -0.396 e.